The van der Waals surface area contributed by atoms with Crippen molar-refractivity contribution in [1.29, 1.82) is 0 Å². The average Bonchev–Trinajstić information content (AvgIpc) is 3.25. The van der Waals surface area contributed by atoms with Gasteiger partial charge in [-0.2, -0.15) is 4.31 Å². The van der Waals surface area contributed by atoms with Gasteiger partial charge >= 0.3 is 5.97 Å². The van der Waals surface area contributed by atoms with Crippen molar-refractivity contribution in [3.05, 3.63) is 118 Å². The molecule has 0 bridgehead atoms. The molecule has 11 heteroatoms. The number of nitro benzene ring substituents is 1. The molecule has 4 aromatic rings. The molecule has 6 rings (SSSR count). The molecule has 0 saturated carbocycles. The van der Waals surface area contributed by atoms with E-state index in [0.29, 0.717) is 11.1 Å². The van der Waals surface area contributed by atoms with Gasteiger partial charge in [0, 0.05) is 12.1 Å². The van der Waals surface area contributed by atoms with Crippen molar-refractivity contribution in [1.82, 2.24) is 9.21 Å². The highest BCUT2D eigenvalue weighted by atomic mass is 32.2. The van der Waals surface area contributed by atoms with Crippen LogP contribution in [0.25, 0.3) is 10.8 Å². The number of rotatable bonds is 7. The monoisotopic (exact) mass is 571 g/mol. The molecule has 1 amide bonds. The summed E-state index contributed by atoms with van der Waals surface area (Å²) in [4.78, 5) is 38.5. The zero-order valence-electron chi connectivity index (χ0n) is 21.9. The molecular formula is C30H25N3O7S. The Balaban J connectivity index is 1.43. The van der Waals surface area contributed by atoms with Crippen LogP contribution in [0.2, 0.25) is 0 Å². The van der Waals surface area contributed by atoms with Crippen molar-refractivity contribution < 1.29 is 27.7 Å². The molecule has 0 N–H and O–H groups in total. The number of nitro groups is 1. The Morgan fingerprint density at radius 3 is 2.34 bits per heavy atom. The maximum absolute atomic E-state index is 14.2. The maximum Gasteiger partial charge on any atom is 0.331 e. The number of sulfonamides is 1. The zero-order valence-corrected chi connectivity index (χ0v) is 22.7. The number of carbonyl (C=O) groups excluding carboxylic acids is 2. The van der Waals surface area contributed by atoms with E-state index in [4.69, 9.17) is 4.74 Å². The van der Waals surface area contributed by atoms with Gasteiger partial charge in [0.05, 0.1) is 22.3 Å². The Hall–Kier alpha value is -4.61. The Morgan fingerprint density at radius 1 is 0.976 bits per heavy atom. The van der Waals surface area contributed by atoms with Crippen molar-refractivity contribution in [3.63, 3.8) is 0 Å². The average molecular weight is 572 g/mol. The Bertz CT molecular complexity index is 1780. The largest absolute Gasteiger partial charge is 0.459 e. The van der Waals surface area contributed by atoms with E-state index >= 15 is 0 Å². The number of fused-ring (bicyclic) bond motifs is 2. The smallest absolute Gasteiger partial charge is 0.331 e. The van der Waals surface area contributed by atoms with Crippen molar-refractivity contribution in [2.24, 2.45) is 0 Å². The van der Waals surface area contributed by atoms with Crippen LogP contribution in [0.4, 0.5) is 5.69 Å². The van der Waals surface area contributed by atoms with Crippen molar-refractivity contribution >= 4 is 38.4 Å². The van der Waals surface area contributed by atoms with Gasteiger partial charge in [0.1, 0.15) is 12.8 Å². The maximum atomic E-state index is 14.2. The second kappa shape index (κ2) is 10.1. The first-order valence-corrected chi connectivity index (χ1v) is 14.4. The summed E-state index contributed by atoms with van der Waals surface area (Å²) in [5.41, 5.74) is 1.89. The molecule has 2 saturated heterocycles. The Labute approximate surface area is 236 Å². The van der Waals surface area contributed by atoms with E-state index in [0.717, 1.165) is 16.3 Å². The summed E-state index contributed by atoms with van der Waals surface area (Å²) in [5, 5.41) is 12.6. The van der Waals surface area contributed by atoms with Crippen LogP contribution >= 0.6 is 0 Å². The third-order valence-corrected chi connectivity index (χ3v) is 9.53. The summed E-state index contributed by atoms with van der Waals surface area (Å²) < 4.78 is 35.3. The SMILES string of the molecule is Cc1ccc(S(=O)(=O)N2C(c3cccc4ccccc34)[C@H](C(=O)OCc3ccc([N+](=O)[O-])cc3)N3C(=O)C[C@H]32)cc1. The minimum absolute atomic E-state index is 0.0571. The third kappa shape index (κ3) is 4.52. The number of nitrogens with zero attached hydrogens (tertiary/aromatic N) is 3. The second-order valence-electron chi connectivity index (χ2n) is 10.1. The third-order valence-electron chi connectivity index (χ3n) is 7.64. The fraction of sp³-hybridized carbons (Fsp3) is 0.200. The van der Waals surface area contributed by atoms with E-state index in [-0.39, 0.29) is 29.5 Å². The molecule has 208 valence electrons. The van der Waals surface area contributed by atoms with E-state index in [1.54, 1.807) is 24.3 Å². The molecule has 2 aliphatic heterocycles. The number of non-ortho nitro benzene ring substituents is 1. The Morgan fingerprint density at radius 2 is 1.66 bits per heavy atom. The van der Waals surface area contributed by atoms with Gasteiger partial charge in [0.25, 0.3) is 5.69 Å². The number of amides is 1. The van der Waals surface area contributed by atoms with Crippen LogP contribution in [-0.4, -0.2) is 46.6 Å². The number of ether oxygens (including phenoxy) is 1. The van der Waals surface area contributed by atoms with E-state index in [2.05, 4.69) is 0 Å². The van der Waals surface area contributed by atoms with Gasteiger partial charge in [0.2, 0.25) is 15.9 Å². The predicted molar refractivity (Wildman–Crippen MR) is 149 cm³/mol. The topological polar surface area (TPSA) is 127 Å². The summed E-state index contributed by atoms with van der Waals surface area (Å²) >= 11 is 0. The molecule has 0 aliphatic carbocycles. The standard InChI is InChI=1S/C30H25N3O7S/c1-19-9-15-23(16-10-19)41(38,39)32-26-17-27(34)31(26)29(28(32)25-8-4-6-21-5-2-3-7-24(21)25)30(35)40-18-20-11-13-22(14-12-20)33(36)37/h2-16,26,28-29H,17-18H2,1H3/t26-,28?,29-/m1/s1. The normalized spacial score (nSPS) is 20.5. The van der Waals surface area contributed by atoms with Crippen LogP contribution in [0.5, 0.6) is 0 Å². The van der Waals surface area contributed by atoms with E-state index in [9.17, 15) is 28.1 Å². The first-order chi connectivity index (χ1) is 19.7. The second-order valence-corrected chi connectivity index (χ2v) is 12.0. The van der Waals surface area contributed by atoms with Crippen LogP contribution in [-0.2, 0) is 31.0 Å². The van der Waals surface area contributed by atoms with Crippen LogP contribution in [0, 0.1) is 17.0 Å². The quantitative estimate of drug-likeness (QED) is 0.139. The van der Waals surface area contributed by atoms with E-state index in [1.165, 1.54) is 45.6 Å². The first-order valence-electron chi connectivity index (χ1n) is 13.0. The number of β-lactam (4-membered cyclic amide) rings is 1. The number of esters is 1. The van der Waals surface area contributed by atoms with Crippen LogP contribution < -0.4 is 0 Å². The molecule has 3 atom stereocenters. The van der Waals surface area contributed by atoms with Gasteiger partial charge in [-0.1, -0.05) is 60.2 Å². The molecular weight excluding hydrogens is 546 g/mol. The van der Waals surface area contributed by atoms with Crippen LogP contribution in [0.1, 0.15) is 29.2 Å². The minimum Gasteiger partial charge on any atom is -0.459 e. The minimum atomic E-state index is -4.15. The summed E-state index contributed by atoms with van der Waals surface area (Å²) in [5.74, 6) is -1.11. The first kappa shape index (κ1) is 26.6. The summed E-state index contributed by atoms with van der Waals surface area (Å²) in [6, 6.07) is 22.7. The summed E-state index contributed by atoms with van der Waals surface area (Å²) in [7, 11) is -4.15. The highest BCUT2D eigenvalue weighted by Gasteiger charge is 2.63. The molecule has 0 aromatic heterocycles. The number of aryl methyl sites for hydroxylation is 1. The molecule has 41 heavy (non-hydrogen) atoms. The van der Waals surface area contributed by atoms with Crippen molar-refractivity contribution in [2.75, 3.05) is 0 Å². The van der Waals surface area contributed by atoms with Crippen LogP contribution in [0.15, 0.2) is 95.9 Å². The Kier molecular flexibility index (Phi) is 6.55. The number of hydrogen-bond donors (Lipinski definition) is 0. The van der Waals surface area contributed by atoms with E-state index < -0.39 is 39.2 Å². The summed E-state index contributed by atoms with van der Waals surface area (Å²) in [6.07, 6.45) is -0.909. The lowest BCUT2D eigenvalue weighted by atomic mass is 9.94. The highest BCUT2D eigenvalue weighted by molar-refractivity contribution is 7.89. The van der Waals surface area contributed by atoms with Gasteiger partial charge in [-0.25, -0.2) is 13.2 Å². The predicted octanol–water partition coefficient (Wildman–Crippen LogP) is 4.47. The number of carbonyl (C=O) groups is 2. The lowest BCUT2D eigenvalue weighted by molar-refractivity contribution is -0.384. The lowest BCUT2D eigenvalue weighted by Gasteiger charge is -2.38. The fourth-order valence-corrected chi connectivity index (χ4v) is 7.34. The molecule has 4 aromatic carbocycles. The number of hydrogen-bond acceptors (Lipinski definition) is 7. The molecule has 2 heterocycles. The van der Waals surface area contributed by atoms with E-state index in [1.807, 2.05) is 37.3 Å². The number of benzene rings is 4. The van der Waals surface area contributed by atoms with Gasteiger partial charge in [-0.15, -0.1) is 0 Å². The van der Waals surface area contributed by atoms with Gasteiger partial charge in [-0.3, -0.25) is 14.9 Å². The zero-order chi connectivity index (χ0) is 28.9. The van der Waals surface area contributed by atoms with Crippen molar-refractivity contribution in [2.45, 2.75) is 43.1 Å². The lowest BCUT2D eigenvalue weighted by Crippen LogP contribution is -2.58. The van der Waals surface area contributed by atoms with Gasteiger partial charge in [-0.05, 0) is 53.1 Å². The molecule has 0 radical (unpaired) electrons. The molecule has 0 spiro atoms. The molecule has 10 nitrogen and oxygen atoms in total. The van der Waals surface area contributed by atoms with Crippen molar-refractivity contribution in [3.8, 4) is 0 Å². The fourth-order valence-electron chi connectivity index (χ4n) is 5.60. The molecule has 1 unspecified atom stereocenters. The highest BCUT2D eigenvalue weighted by Crippen LogP contribution is 2.49. The molecule has 2 fully saturated rings. The van der Waals surface area contributed by atoms with Gasteiger partial charge < -0.3 is 9.64 Å². The molecule has 2 aliphatic rings. The van der Waals surface area contributed by atoms with Gasteiger partial charge in [0.15, 0.2) is 6.04 Å². The summed E-state index contributed by atoms with van der Waals surface area (Å²) in [6.45, 7) is 1.65. The van der Waals surface area contributed by atoms with Crippen LogP contribution in [0.3, 0.4) is 0 Å².